The maximum atomic E-state index is 15.6. The van der Waals surface area contributed by atoms with Crippen molar-refractivity contribution in [2.75, 3.05) is 23.3 Å². The van der Waals surface area contributed by atoms with Gasteiger partial charge in [-0.1, -0.05) is 0 Å². The van der Waals surface area contributed by atoms with E-state index in [4.69, 9.17) is 0 Å². The summed E-state index contributed by atoms with van der Waals surface area (Å²) in [5.74, 6) is -10.5. The van der Waals surface area contributed by atoms with Gasteiger partial charge in [0.05, 0.1) is 22.1 Å². The Morgan fingerprint density at radius 1 is 0.660 bits per heavy atom. The number of rotatable bonds is 7. The van der Waals surface area contributed by atoms with Crippen LogP contribution >= 0.6 is 0 Å². The molecule has 5 heterocycles. The number of carboxylic acids is 2. The van der Waals surface area contributed by atoms with Gasteiger partial charge >= 0.3 is 11.9 Å². The minimum Gasteiger partial charge on any atom is -0.477 e. The molecule has 6 aromatic rings. The number of anilines is 2. The number of hydrogen-bond acceptors (Lipinski definition) is 8. The van der Waals surface area contributed by atoms with E-state index in [-0.39, 0.29) is 59.2 Å². The van der Waals surface area contributed by atoms with Gasteiger partial charge in [-0.25, -0.2) is 45.9 Å². The third-order valence-electron chi connectivity index (χ3n) is 9.44. The van der Waals surface area contributed by atoms with E-state index < -0.39 is 85.6 Å². The molecule has 0 spiro atoms. The normalized spacial score (nSPS) is 17.7. The molecule has 4 aromatic heterocycles. The van der Waals surface area contributed by atoms with Gasteiger partial charge < -0.3 is 20.4 Å². The van der Waals surface area contributed by atoms with Crippen molar-refractivity contribution in [1.82, 2.24) is 19.1 Å². The van der Waals surface area contributed by atoms with Crippen LogP contribution in [0.25, 0.3) is 33.4 Å². The molecule has 0 bridgehead atoms. The van der Waals surface area contributed by atoms with E-state index in [0.29, 0.717) is 12.1 Å². The number of halogens is 6. The Morgan fingerprint density at radius 2 is 1.13 bits per heavy atom. The van der Waals surface area contributed by atoms with Gasteiger partial charge in [-0.2, -0.15) is 0 Å². The van der Waals surface area contributed by atoms with Crippen LogP contribution in [0.15, 0.2) is 70.5 Å². The molecule has 8 rings (SSSR count). The van der Waals surface area contributed by atoms with Crippen molar-refractivity contribution < 1.29 is 46.1 Å². The molecule has 1 aliphatic heterocycles. The van der Waals surface area contributed by atoms with Crippen LogP contribution in [-0.4, -0.2) is 60.4 Å². The topological polar surface area (TPSA) is 160 Å². The monoisotopic (exact) mass is 734 g/mol. The fraction of sp³-hybridized carbons (Fsp3) is 0.143. The number of benzene rings is 2. The summed E-state index contributed by atoms with van der Waals surface area (Å²) in [6, 6.07) is 6.02. The van der Waals surface area contributed by atoms with E-state index in [1.807, 2.05) is 0 Å². The van der Waals surface area contributed by atoms with Crippen LogP contribution < -0.4 is 21.1 Å². The summed E-state index contributed by atoms with van der Waals surface area (Å²) in [6.07, 6.45) is 1.62. The number of fused-ring (bicyclic) bond motifs is 3. The molecule has 3 N–H and O–H groups in total. The second-order valence-electron chi connectivity index (χ2n) is 12.5. The number of nitrogens with zero attached hydrogens (tertiary/aromatic N) is 5. The number of pyridine rings is 4. The molecule has 2 aliphatic rings. The van der Waals surface area contributed by atoms with Crippen molar-refractivity contribution in [3.8, 4) is 11.4 Å². The first-order valence-electron chi connectivity index (χ1n) is 15.6. The fourth-order valence-electron chi connectivity index (χ4n) is 6.86. The van der Waals surface area contributed by atoms with Crippen LogP contribution in [0.5, 0.6) is 0 Å². The Kier molecular flexibility index (Phi) is 7.52. The van der Waals surface area contributed by atoms with E-state index in [2.05, 4.69) is 15.3 Å². The van der Waals surface area contributed by atoms with Gasteiger partial charge in [-0.05, 0) is 36.4 Å². The van der Waals surface area contributed by atoms with Crippen molar-refractivity contribution in [1.29, 1.82) is 0 Å². The van der Waals surface area contributed by atoms with E-state index in [9.17, 15) is 47.0 Å². The minimum atomic E-state index is -1.67. The maximum absolute atomic E-state index is 15.6. The van der Waals surface area contributed by atoms with Gasteiger partial charge in [0.2, 0.25) is 10.9 Å². The van der Waals surface area contributed by atoms with Crippen LogP contribution in [0.4, 0.5) is 38.0 Å². The summed E-state index contributed by atoms with van der Waals surface area (Å²) < 4.78 is 89.9. The molecule has 53 heavy (non-hydrogen) atoms. The van der Waals surface area contributed by atoms with Crippen LogP contribution in [0.2, 0.25) is 0 Å². The smallest absolute Gasteiger partial charge is 0.341 e. The average molecular weight is 735 g/mol. The summed E-state index contributed by atoms with van der Waals surface area (Å²) in [5, 5.41) is 21.1. The first-order valence-corrected chi connectivity index (χ1v) is 15.6. The predicted octanol–water partition coefficient (Wildman–Crippen LogP) is 4.86. The van der Waals surface area contributed by atoms with Gasteiger partial charge in [-0.15, -0.1) is 0 Å². The summed E-state index contributed by atoms with van der Waals surface area (Å²) in [7, 11) is 0. The summed E-state index contributed by atoms with van der Waals surface area (Å²) in [6.45, 7) is 0.283. The number of piperidine rings is 1. The second-order valence-corrected chi connectivity index (χ2v) is 12.5. The lowest BCUT2D eigenvalue weighted by atomic mass is 10.1. The highest BCUT2D eigenvalue weighted by Gasteiger charge is 2.57. The first-order chi connectivity index (χ1) is 25.2. The number of carbonyl (C=O) groups is 2. The number of aromatic nitrogens is 4. The second kappa shape index (κ2) is 11.9. The third kappa shape index (κ3) is 5.40. The summed E-state index contributed by atoms with van der Waals surface area (Å²) in [4.78, 5) is 59.5. The van der Waals surface area contributed by atoms with Gasteiger partial charge in [0, 0.05) is 55.5 Å². The quantitative estimate of drug-likeness (QED) is 0.193. The third-order valence-corrected chi connectivity index (χ3v) is 9.44. The zero-order valence-corrected chi connectivity index (χ0v) is 26.5. The van der Waals surface area contributed by atoms with E-state index in [0.717, 1.165) is 57.9 Å². The Labute approximate surface area is 290 Å². The van der Waals surface area contributed by atoms with Crippen LogP contribution in [-0.2, 0) is 0 Å². The molecule has 1 aliphatic carbocycles. The molecule has 2 atom stereocenters. The highest BCUT2D eigenvalue weighted by Crippen LogP contribution is 2.48. The number of carboxylic acid groups (broad SMARTS) is 2. The van der Waals surface area contributed by atoms with Crippen molar-refractivity contribution in [3.05, 3.63) is 127 Å². The number of aromatic carboxylic acids is 2. The number of nitrogens with one attached hydrogen (secondary N) is 1. The highest BCUT2D eigenvalue weighted by atomic mass is 19.2. The minimum absolute atomic E-state index is 0.142. The van der Waals surface area contributed by atoms with E-state index in [1.54, 1.807) is 0 Å². The molecule has 2 unspecified atom stereocenters. The maximum Gasteiger partial charge on any atom is 0.341 e. The standard InChI is InChI=1S/C35H20F6N6O6/c36-13-1-3-25(21(38)5-13)46-11-19(34(50)51)28(48)15-7-23(40)30(43-31(15)46)42-27-17-9-45(10-18(17)27)33-24(41)8-16-29(49)20(35(52)53)12-47(32(16)44-33)26-4-2-14(37)6-22(26)39/h1-8,11-12,17-18,27H,9-10H2,(H,42,43)(H,50,51)(H,52,53). The van der Waals surface area contributed by atoms with Crippen LogP contribution in [0.3, 0.4) is 0 Å². The summed E-state index contributed by atoms with van der Waals surface area (Å²) in [5.41, 5.74) is -5.10. The van der Waals surface area contributed by atoms with Crippen LogP contribution in [0, 0.1) is 46.7 Å². The zero-order valence-electron chi connectivity index (χ0n) is 26.5. The molecule has 1 saturated heterocycles. The van der Waals surface area contributed by atoms with Gasteiger partial charge in [0.15, 0.2) is 34.6 Å². The Balaban J connectivity index is 1.12. The van der Waals surface area contributed by atoms with Crippen LogP contribution in [0.1, 0.15) is 20.7 Å². The van der Waals surface area contributed by atoms with Crippen molar-refractivity contribution >= 4 is 45.6 Å². The summed E-state index contributed by atoms with van der Waals surface area (Å²) >= 11 is 0. The van der Waals surface area contributed by atoms with Crippen molar-refractivity contribution in [3.63, 3.8) is 0 Å². The molecule has 2 aromatic carbocycles. The molecule has 0 amide bonds. The molecule has 1 saturated carbocycles. The van der Waals surface area contributed by atoms with Crippen molar-refractivity contribution in [2.45, 2.75) is 6.04 Å². The molecule has 12 nitrogen and oxygen atoms in total. The van der Waals surface area contributed by atoms with Crippen molar-refractivity contribution in [2.24, 2.45) is 11.8 Å². The molecule has 2 fully saturated rings. The average Bonchev–Trinajstić information content (AvgIpc) is 3.51. The lowest BCUT2D eigenvalue weighted by molar-refractivity contribution is 0.0684. The lowest BCUT2D eigenvalue weighted by Gasteiger charge is -2.23. The predicted molar refractivity (Wildman–Crippen MR) is 175 cm³/mol. The largest absolute Gasteiger partial charge is 0.477 e. The van der Waals surface area contributed by atoms with Gasteiger partial charge in [0.1, 0.15) is 34.4 Å². The molecule has 18 heteroatoms. The Morgan fingerprint density at radius 3 is 1.60 bits per heavy atom. The molecular formula is C35H20F6N6O6. The fourth-order valence-corrected chi connectivity index (χ4v) is 6.86. The van der Waals surface area contributed by atoms with E-state index >= 15 is 8.78 Å². The first kappa shape index (κ1) is 33.4. The zero-order chi connectivity index (χ0) is 37.6. The Bertz CT molecular complexity index is 2730. The molecule has 0 radical (unpaired) electrons. The van der Waals surface area contributed by atoms with Gasteiger partial charge in [-0.3, -0.25) is 18.7 Å². The Hall–Kier alpha value is -6.72. The molecular weight excluding hydrogens is 714 g/mol. The SMILES string of the molecule is O=C(O)c1cn(-c2ccc(F)cc2F)c2nc(NC3C4CN(c5nc6c(cc5F)c(=O)c(C(=O)O)cn6-c5ccc(F)cc5F)CC43)c(F)cc2c1=O. The van der Waals surface area contributed by atoms with Gasteiger partial charge in [0.25, 0.3) is 0 Å². The van der Waals surface area contributed by atoms with E-state index in [1.165, 1.54) is 4.90 Å². The number of hydrogen-bond donors (Lipinski definition) is 3. The highest BCUT2D eigenvalue weighted by molar-refractivity contribution is 5.93. The molecule has 268 valence electrons. The lowest BCUT2D eigenvalue weighted by Crippen LogP contribution is -2.30.